The van der Waals surface area contributed by atoms with Gasteiger partial charge in [0, 0.05) is 28.4 Å². The first kappa shape index (κ1) is 12.1. The first-order chi connectivity index (χ1) is 6.77. The molecular weight excluding hydrogens is 264 g/mol. The molecule has 3 N–H and O–H groups in total. The SMILES string of the molecule is CCOCC(Cc1sccc1Br)NN. The highest BCUT2D eigenvalue weighted by molar-refractivity contribution is 9.10. The van der Waals surface area contributed by atoms with Gasteiger partial charge in [-0.2, -0.15) is 0 Å². The number of thiophene rings is 1. The number of ether oxygens (including phenoxy) is 1. The van der Waals surface area contributed by atoms with E-state index in [1.807, 2.05) is 13.0 Å². The number of nitrogens with two attached hydrogens (primary N) is 1. The Morgan fingerprint density at radius 2 is 2.50 bits per heavy atom. The Bertz CT molecular complexity index is 267. The predicted molar refractivity (Wildman–Crippen MR) is 63.3 cm³/mol. The molecule has 14 heavy (non-hydrogen) atoms. The van der Waals surface area contributed by atoms with Gasteiger partial charge >= 0.3 is 0 Å². The summed E-state index contributed by atoms with van der Waals surface area (Å²) in [6.07, 6.45) is 0.898. The first-order valence-corrected chi connectivity index (χ1v) is 6.21. The molecule has 0 saturated heterocycles. The van der Waals surface area contributed by atoms with Gasteiger partial charge in [0.15, 0.2) is 0 Å². The Hall–Kier alpha value is 0.0600. The van der Waals surface area contributed by atoms with Crippen LogP contribution in [0.5, 0.6) is 0 Å². The van der Waals surface area contributed by atoms with E-state index in [0.717, 1.165) is 17.5 Å². The van der Waals surface area contributed by atoms with E-state index in [9.17, 15) is 0 Å². The number of halogens is 1. The zero-order valence-electron chi connectivity index (χ0n) is 8.13. The zero-order chi connectivity index (χ0) is 10.4. The summed E-state index contributed by atoms with van der Waals surface area (Å²) in [5, 5.41) is 2.06. The van der Waals surface area contributed by atoms with Crippen LogP contribution in [0, 0.1) is 0 Å². The quantitative estimate of drug-likeness (QED) is 0.618. The molecule has 5 heteroatoms. The number of hydrazine groups is 1. The van der Waals surface area contributed by atoms with Crippen molar-refractivity contribution >= 4 is 27.3 Å². The monoisotopic (exact) mass is 278 g/mol. The Morgan fingerprint density at radius 3 is 3.00 bits per heavy atom. The molecule has 0 aromatic carbocycles. The van der Waals surface area contributed by atoms with Gasteiger partial charge in [-0.25, -0.2) is 0 Å². The third-order valence-corrected chi connectivity index (χ3v) is 3.83. The predicted octanol–water partition coefficient (Wildman–Crippen LogP) is 1.92. The molecule has 1 aromatic heterocycles. The average molecular weight is 279 g/mol. The van der Waals surface area contributed by atoms with Gasteiger partial charge in [0.05, 0.1) is 6.61 Å². The molecule has 0 spiro atoms. The van der Waals surface area contributed by atoms with Crippen LogP contribution in [0.2, 0.25) is 0 Å². The molecule has 3 nitrogen and oxygen atoms in total. The molecule has 1 atom stereocenters. The molecule has 80 valence electrons. The van der Waals surface area contributed by atoms with Crippen molar-refractivity contribution in [3.8, 4) is 0 Å². The molecule has 0 bridgehead atoms. The van der Waals surface area contributed by atoms with Crippen LogP contribution in [0.25, 0.3) is 0 Å². The van der Waals surface area contributed by atoms with E-state index < -0.39 is 0 Å². The van der Waals surface area contributed by atoms with E-state index in [1.54, 1.807) is 11.3 Å². The Morgan fingerprint density at radius 1 is 1.71 bits per heavy atom. The van der Waals surface area contributed by atoms with E-state index >= 15 is 0 Å². The summed E-state index contributed by atoms with van der Waals surface area (Å²) in [6, 6.07) is 2.23. The standard InChI is InChI=1S/C9H15BrN2OS/c1-2-13-6-7(12-11)5-9-8(10)3-4-14-9/h3-4,7,12H,2,5-6,11H2,1H3. The van der Waals surface area contributed by atoms with E-state index in [0.29, 0.717) is 6.61 Å². The summed E-state index contributed by atoms with van der Waals surface area (Å²) in [5.74, 6) is 5.44. The molecule has 0 fully saturated rings. The number of hydrogen-bond donors (Lipinski definition) is 2. The smallest absolute Gasteiger partial charge is 0.0636 e. The second-order valence-electron chi connectivity index (χ2n) is 2.92. The third-order valence-electron chi connectivity index (χ3n) is 1.88. The summed E-state index contributed by atoms with van der Waals surface area (Å²) in [5.41, 5.74) is 2.76. The summed E-state index contributed by atoms with van der Waals surface area (Å²) < 4.78 is 6.47. The van der Waals surface area contributed by atoms with E-state index in [-0.39, 0.29) is 6.04 Å². The van der Waals surface area contributed by atoms with Crippen LogP contribution >= 0.6 is 27.3 Å². The summed E-state index contributed by atoms with van der Waals surface area (Å²) >= 11 is 5.22. The average Bonchev–Trinajstić information content (AvgIpc) is 2.59. The fourth-order valence-corrected chi connectivity index (χ4v) is 2.72. The van der Waals surface area contributed by atoms with Crippen molar-refractivity contribution in [2.75, 3.05) is 13.2 Å². The number of nitrogens with one attached hydrogen (secondary N) is 1. The van der Waals surface area contributed by atoms with Gasteiger partial charge in [0.25, 0.3) is 0 Å². The maximum Gasteiger partial charge on any atom is 0.0636 e. The lowest BCUT2D eigenvalue weighted by Crippen LogP contribution is -2.40. The van der Waals surface area contributed by atoms with Crippen LogP contribution in [0.3, 0.4) is 0 Å². The largest absolute Gasteiger partial charge is 0.380 e. The van der Waals surface area contributed by atoms with Crippen LogP contribution in [0.1, 0.15) is 11.8 Å². The van der Waals surface area contributed by atoms with E-state index in [1.165, 1.54) is 4.88 Å². The summed E-state index contributed by atoms with van der Waals surface area (Å²) in [4.78, 5) is 1.30. The van der Waals surface area contributed by atoms with Crippen LogP contribution in [-0.4, -0.2) is 19.3 Å². The van der Waals surface area contributed by atoms with Crippen molar-refractivity contribution < 1.29 is 4.74 Å². The molecule has 1 unspecified atom stereocenters. The third kappa shape index (κ3) is 3.67. The molecule has 0 radical (unpaired) electrons. The van der Waals surface area contributed by atoms with Gasteiger partial charge in [-0.05, 0) is 34.3 Å². The molecule has 0 saturated carbocycles. The van der Waals surface area contributed by atoms with Crippen LogP contribution < -0.4 is 11.3 Å². The normalized spacial score (nSPS) is 13.1. The van der Waals surface area contributed by atoms with Crippen molar-refractivity contribution in [2.45, 2.75) is 19.4 Å². The minimum Gasteiger partial charge on any atom is -0.380 e. The van der Waals surface area contributed by atoms with Crippen LogP contribution in [-0.2, 0) is 11.2 Å². The Balaban J connectivity index is 2.44. The second-order valence-corrected chi connectivity index (χ2v) is 4.77. The van der Waals surface area contributed by atoms with E-state index in [4.69, 9.17) is 10.6 Å². The fraction of sp³-hybridized carbons (Fsp3) is 0.556. The Kier molecular flexibility index (Phi) is 5.66. The maximum absolute atomic E-state index is 5.44. The fourth-order valence-electron chi connectivity index (χ4n) is 1.12. The second kappa shape index (κ2) is 6.53. The Labute approximate surface area is 96.7 Å². The van der Waals surface area contributed by atoms with Crippen molar-refractivity contribution in [2.24, 2.45) is 5.84 Å². The number of hydrogen-bond acceptors (Lipinski definition) is 4. The highest BCUT2D eigenvalue weighted by Gasteiger charge is 2.10. The molecule has 1 rings (SSSR count). The van der Waals surface area contributed by atoms with Gasteiger partial charge in [0.2, 0.25) is 0 Å². The van der Waals surface area contributed by atoms with Crippen LogP contribution in [0.4, 0.5) is 0 Å². The maximum atomic E-state index is 5.44. The minimum absolute atomic E-state index is 0.185. The van der Waals surface area contributed by atoms with Crippen molar-refractivity contribution in [3.05, 3.63) is 20.8 Å². The first-order valence-electron chi connectivity index (χ1n) is 4.53. The lowest BCUT2D eigenvalue weighted by atomic mass is 10.2. The molecule has 0 amide bonds. The summed E-state index contributed by atoms with van der Waals surface area (Å²) in [6.45, 7) is 3.36. The summed E-state index contributed by atoms with van der Waals surface area (Å²) in [7, 11) is 0. The van der Waals surface area contributed by atoms with Crippen molar-refractivity contribution in [1.29, 1.82) is 0 Å². The lowest BCUT2D eigenvalue weighted by Gasteiger charge is -2.14. The van der Waals surface area contributed by atoms with Crippen LogP contribution in [0.15, 0.2) is 15.9 Å². The lowest BCUT2D eigenvalue weighted by molar-refractivity contribution is 0.123. The van der Waals surface area contributed by atoms with Gasteiger partial charge in [-0.1, -0.05) is 0 Å². The van der Waals surface area contributed by atoms with Crippen molar-refractivity contribution in [1.82, 2.24) is 5.43 Å². The molecule has 0 aliphatic rings. The van der Waals surface area contributed by atoms with E-state index in [2.05, 4.69) is 26.7 Å². The minimum atomic E-state index is 0.185. The molecule has 1 heterocycles. The molecule has 0 aliphatic carbocycles. The molecular formula is C9H15BrN2OS. The highest BCUT2D eigenvalue weighted by Crippen LogP contribution is 2.23. The topological polar surface area (TPSA) is 47.3 Å². The zero-order valence-corrected chi connectivity index (χ0v) is 10.5. The van der Waals surface area contributed by atoms with Gasteiger partial charge in [0.1, 0.15) is 0 Å². The van der Waals surface area contributed by atoms with Crippen molar-refractivity contribution in [3.63, 3.8) is 0 Å². The van der Waals surface area contributed by atoms with Gasteiger partial charge in [-0.15, -0.1) is 11.3 Å². The van der Waals surface area contributed by atoms with Gasteiger partial charge < -0.3 is 4.74 Å². The molecule has 1 aromatic rings. The molecule has 0 aliphatic heterocycles. The number of rotatable bonds is 6. The highest BCUT2D eigenvalue weighted by atomic mass is 79.9. The van der Waals surface area contributed by atoms with Gasteiger partial charge in [-0.3, -0.25) is 11.3 Å².